The van der Waals surface area contributed by atoms with Gasteiger partial charge in [-0.2, -0.15) is 8.15 Å². The van der Waals surface area contributed by atoms with Gasteiger partial charge in [0.05, 0.1) is 23.7 Å². The third kappa shape index (κ3) is 3.48. The molecule has 0 radical (unpaired) electrons. The van der Waals surface area contributed by atoms with E-state index in [1.54, 1.807) is 0 Å². The fourth-order valence-electron chi connectivity index (χ4n) is 0.775. The van der Waals surface area contributed by atoms with Crippen LogP contribution in [0.3, 0.4) is 0 Å². The predicted molar refractivity (Wildman–Crippen MR) is 53.9 cm³/mol. The van der Waals surface area contributed by atoms with E-state index in [1.807, 2.05) is 0 Å². The quantitative estimate of drug-likeness (QED) is 0.607. The highest BCUT2D eigenvalue weighted by Gasteiger charge is 2.28. The predicted octanol–water partition coefficient (Wildman–Crippen LogP) is 3.33. The third-order valence-electron chi connectivity index (χ3n) is 1.40. The third-order valence-corrected chi connectivity index (χ3v) is 3.19. The van der Waals surface area contributed by atoms with Gasteiger partial charge >= 0.3 is 7.82 Å². The maximum Gasteiger partial charge on any atom is 0.563 e. The van der Waals surface area contributed by atoms with Gasteiger partial charge in [-0.1, -0.05) is 0 Å². The van der Waals surface area contributed by atoms with Gasteiger partial charge in [0.1, 0.15) is 12.0 Å². The smallest absolute Gasteiger partial charge is 0.402 e. The van der Waals surface area contributed by atoms with Crippen molar-refractivity contribution >= 4 is 37.8 Å². The molecule has 82 valence electrons. The molecule has 1 aromatic rings. The van der Waals surface area contributed by atoms with Crippen LogP contribution in [0.15, 0.2) is 24.3 Å². The van der Waals surface area contributed by atoms with E-state index in [-0.39, 0.29) is 5.75 Å². The van der Waals surface area contributed by atoms with Crippen molar-refractivity contribution in [2.24, 2.45) is 0 Å². The maximum atomic E-state index is 11.3. The summed E-state index contributed by atoms with van der Waals surface area (Å²) in [7, 11) is -3.98. The van der Waals surface area contributed by atoms with Crippen molar-refractivity contribution in [3.05, 3.63) is 29.8 Å². The average Bonchev–Trinajstić information content (AvgIpc) is 2.30. The van der Waals surface area contributed by atoms with E-state index in [2.05, 4.69) is 8.15 Å². The van der Waals surface area contributed by atoms with E-state index >= 15 is 0 Å². The minimum atomic E-state index is -3.98. The summed E-state index contributed by atoms with van der Waals surface area (Å²) in [6.45, 7) is 0. The van der Waals surface area contributed by atoms with Crippen LogP contribution in [0.4, 0.5) is 0 Å². The minimum absolute atomic E-state index is 0.144. The van der Waals surface area contributed by atoms with Crippen LogP contribution < -0.4 is 4.52 Å². The van der Waals surface area contributed by atoms with Gasteiger partial charge in [-0.3, -0.25) is 4.79 Å². The summed E-state index contributed by atoms with van der Waals surface area (Å²) in [5.41, 5.74) is 0.441. The number of carbonyl (C=O) groups is 1. The minimum Gasteiger partial charge on any atom is -0.402 e. The van der Waals surface area contributed by atoms with Crippen LogP contribution in [0.5, 0.6) is 5.75 Å². The zero-order valence-corrected chi connectivity index (χ0v) is 9.54. The number of aldehydes is 1. The van der Waals surface area contributed by atoms with E-state index in [4.69, 9.17) is 28.3 Å². The fourth-order valence-corrected chi connectivity index (χ4v) is 1.66. The average molecular weight is 271 g/mol. The molecule has 0 aliphatic heterocycles. The van der Waals surface area contributed by atoms with E-state index < -0.39 is 7.82 Å². The molecule has 8 heteroatoms. The fraction of sp³-hybridized carbons (Fsp3) is 0. The lowest BCUT2D eigenvalue weighted by Crippen LogP contribution is -1.92. The first-order valence-corrected chi connectivity index (χ1v) is 5.67. The van der Waals surface area contributed by atoms with Crippen LogP contribution in [0.2, 0.25) is 0 Å². The molecule has 0 heterocycles. The zero-order valence-electron chi connectivity index (χ0n) is 7.13. The summed E-state index contributed by atoms with van der Waals surface area (Å²) in [5, 5.41) is 0. The van der Waals surface area contributed by atoms with Gasteiger partial charge in [-0.05, 0) is 24.3 Å². The van der Waals surface area contributed by atoms with Gasteiger partial charge in [0, 0.05) is 5.56 Å². The molecule has 0 aliphatic carbocycles. The molecule has 0 spiro atoms. The van der Waals surface area contributed by atoms with Crippen molar-refractivity contribution in [2.45, 2.75) is 0 Å². The Morgan fingerprint density at radius 1 is 1.13 bits per heavy atom. The van der Waals surface area contributed by atoms with E-state index in [0.29, 0.717) is 11.8 Å². The Hall–Kier alpha value is -0.580. The van der Waals surface area contributed by atoms with E-state index in [0.717, 1.165) is 0 Å². The van der Waals surface area contributed by atoms with Gasteiger partial charge in [0.2, 0.25) is 0 Å². The molecule has 15 heavy (non-hydrogen) atoms. The molecule has 0 unspecified atom stereocenters. The largest absolute Gasteiger partial charge is 0.563 e. The second-order valence-electron chi connectivity index (χ2n) is 2.36. The Balaban J connectivity index is 2.80. The number of phosphoric acid groups is 1. The molecule has 0 saturated carbocycles. The van der Waals surface area contributed by atoms with Crippen molar-refractivity contribution in [1.29, 1.82) is 0 Å². The molecule has 0 aliphatic rings. The second-order valence-corrected chi connectivity index (χ2v) is 4.54. The molecule has 0 atom stereocenters. The summed E-state index contributed by atoms with van der Waals surface area (Å²) in [5.74, 6) is 0.144. The Morgan fingerprint density at radius 3 is 2.07 bits per heavy atom. The van der Waals surface area contributed by atoms with Crippen LogP contribution in [-0.2, 0) is 12.7 Å². The monoisotopic (exact) mass is 270 g/mol. The van der Waals surface area contributed by atoms with Crippen LogP contribution in [0.25, 0.3) is 0 Å². The van der Waals surface area contributed by atoms with E-state index in [9.17, 15) is 9.36 Å². The number of hydrogen-bond donors (Lipinski definition) is 0. The lowest BCUT2D eigenvalue weighted by atomic mass is 10.2. The van der Waals surface area contributed by atoms with Crippen LogP contribution in [0.1, 0.15) is 10.4 Å². The highest BCUT2D eigenvalue weighted by molar-refractivity contribution is 7.50. The van der Waals surface area contributed by atoms with Crippen molar-refractivity contribution in [2.75, 3.05) is 0 Å². The molecular weight excluding hydrogens is 266 g/mol. The Kier molecular flexibility index (Phi) is 4.57. The molecule has 0 fully saturated rings. The number of benzene rings is 1. The van der Waals surface area contributed by atoms with Gasteiger partial charge in [0.15, 0.2) is 0 Å². The summed E-state index contributed by atoms with van der Waals surface area (Å²) >= 11 is 9.73. The molecule has 0 amide bonds. The van der Waals surface area contributed by atoms with Crippen molar-refractivity contribution in [3.8, 4) is 5.75 Å². The first kappa shape index (κ1) is 12.5. The van der Waals surface area contributed by atoms with Crippen LogP contribution >= 0.6 is 31.6 Å². The zero-order chi connectivity index (χ0) is 11.3. The van der Waals surface area contributed by atoms with Crippen molar-refractivity contribution in [1.82, 2.24) is 0 Å². The van der Waals surface area contributed by atoms with Crippen LogP contribution in [0, 0.1) is 0 Å². The molecule has 1 rings (SSSR count). The lowest BCUT2D eigenvalue weighted by Gasteiger charge is -2.10. The highest BCUT2D eigenvalue weighted by Crippen LogP contribution is 2.51. The molecule has 5 nitrogen and oxygen atoms in total. The van der Waals surface area contributed by atoms with Gasteiger partial charge in [-0.25, -0.2) is 4.57 Å². The number of halogens is 2. The summed E-state index contributed by atoms with van der Waals surface area (Å²) in [6, 6.07) is 5.69. The van der Waals surface area contributed by atoms with Crippen LogP contribution in [-0.4, -0.2) is 6.29 Å². The van der Waals surface area contributed by atoms with Crippen molar-refractivity contribution in [3.63, 3.8) is 0 Å². The summed E-state index contributed by atoms with van der Waals surface area (Å²) < 4.78 is 23.9. The highest BCUT2D eigenvalue weighted by atomic mass is 35.5. The SMILES string of the molecule is O=Cc1ccc(OP(=O)(OCl)OCl)cc1. The van der Waals surface area contributed by atoms with Gasteiger partial charge < -0.3 is 4.52 Å². The number of hydrogen-bond acceptors (Lipinski definition) is 5. The Bertz CT molecular complexity index is 371. The molecule has 0 bridgehead atoms. The molecule has 0 N–H and O–H groups in total. The second kappa shape index (κ2) is 5.49. The first-order valence-electron chi connectivity index (χ1n) is 3.59. The molecule has 0 aromatic heterocycles. The standard InChI is InChI=1S/C7H5Cl2O5P/c8-13-15(11,14-9)12-7-3-1-6(5-10)2-4-7/h1-5H. The molecule has 0 saturated heterocycles. The van der Waals surface area contributed by atoms with Gasteiger partial charge in [-0.15, -0.1) is 0 Å². The van der Waals surface area contributed by atoms with Crippen molar-refractivity contribution < 1.29 is 22.0 Å². The normalized spacial score (nSPS) is 11.1. The lowest BCUT2D eigenvalue weighted by molar-refractivity contribution is 0.112. The van der Waals surface area contributed by atoms with E-state index in [1.165, 1.54) is 24.3 Å². The maximum absolute atomic E-state index is 11.3. The summed E-state index contributed by atoms with van der Waals surface area (Å²) in [4.78, 5) is 10.3. The number of rotatable bonds is 5. The first-order chi connectivity index (χ1) is 7.13. The molecular formula is C7H5Cl2O5P. The Labute approximate surface area is 95.8 Å². The summed E-state index contributed by atoms with van der Waals surface area (Å²) in [6.07, 6.45) is 0.652. The van der Waals surface area contributed by atoms with Gasteiger partial charge in [0.25, 0.3) is 0 Å². The number of carbonyl (C=O) groups excluding carboxylic acids is 1. The molecule has 1 aromatic carbocycles. The Morgan fingerprint density at radius 2 is 1.67 bits per heavy atom. The topological polar surface area (TPSA) is 61.8 Å².